The minimum Gasteiger partial charge on any atom is -0.449 e. The van der Waals surface area contributed by atoms with E-state index in [9.17, 15) is 9.59 Å². The van der Waals surface area contributed by atoms with Gasteiger partial charge in [-0.2, -0.15) is 0 Å². The van der Waals surface area contributed by atoms with Gasteiger partial charge in [-0.25, -0.2) is 4.79 Å². The van der Waals surface area contributed by atoms with Gasteiger partial charge in [0, 0.05) is 18.5 Å². The second-order valence-corrected chi connectivity index (χ2v) is 8.51. The van der Waals surface area contributed by atoms with Crippen LogP contribution in [0.5, 0.6) is 0 Å². The van der Waals surface area contributed by atoms with Crippen LogP contribution in [0.4, 0.5) is 0 Å². The number of rotatable bonds is 2. The van der Waals surface area contributed by atoms with Crippen LogP contribution in [0, 0.1) is 0 Å². The average molecular weight is 383 g/mol. The molecule has 0 aromatic heterocycles. The maximum Gasteiger partial charge on any atom is 0.339 e. The Labute approximate surface area is 169 Å². The third-order valence-corrected chi connectivity index (χ3v) is 6.91. The molecular formula is C25H21NO3. The lowest BCUT2D eigenvalue weighted by molar-refractivity contribution is -0.134. The van der Waals surface area contributed by atoms with Gasteiger partial charge in [-0.05, 0) is 35.2 Å². The second-order valence-electron chi connectivity index (χ2n) is 8.51. The van der Waals surface area contributed by atoms with Gasteiger partial charge in [0.1, 0.15) is 0 Å². The van der Waals surface area contributed by atoms with Crippen molar-refractivity contribution >= 4 is 22.6 Å². The smallest absolute Gasteiger partial charge is 0.339 e. The van der Waals surface area contributed by atoms with E-state index in [1.165, 1.54) is 5.39 Å². The summed E-state index contributed by atoms with van der Waals surface area (Å²) in [5, 5.41) is 2.33. The molecule has 6 rings (SSSR count). The summed E-state index contributed by atoms with van der Waals surface area (Å²) in [5.41, 5.74) is 1.57. The zero-order valence-corrected chi connectivity index (χ0v) is 16.1. The summed E-state index contributed by atoms with van der Waals surface area (Å²) in [6.07, 6.45) is 2.41. The third-order valence-electron chi connectivity index (χ3n) is 6.91. The first-order valence-electron chi connectivity index (χ1n) is 10.2. The standard InChI is InChI=1S/C25H21NO3/c27-22-19-9-3-4-10-21(19)25(29-22)14-15-26(16-25)23(28)24(12-13-24)20-11-5-7-17-6-1-2-8-18(17)20/h1-11H,12-16H2. The van der Waals surface area contributed by atoms with Crippen LogP contribution >= 0.6 is 0 Å². The molecule has 144 valence electrons. The second kappa shape index (κ2) is 5.69. The third kappa shape index (κ3) is 2.26. The number of esters is 1. The number of carbonyl (C=O) groups excluding carboxylic acids is 2. The number of amides is 1. The summed E-state index contributed by atoms with van der Waals surface area (Å²) in [6.45, 7) is 1.06. The molecule has 0 radical (unpaired) electrons. The van der Waals surface area contributed by atoms with Gasteiger partial charge in [0.05, 0.1) is 17.5 Å². The number of carbonyl (C=O) groups is 2. The van der Waals surface area contributed by atoms with Crippen molar-refractivity contribution in [3.63, 3.8) is 0 Å². The highest BCUT2D eigenvalue weighted by molar-refractivity contribution is 5.99. The molecule has 3 aromatic carbocycles. The van der Waals surface area contributed by atoms with Gasteiger partial charge >= 0.3 is 5.97 Å². The summed E-state index contributed by atoms with van der Waals surface area (Å²) in [6, 6.07) is 22.1. The fraction of sp³-hybridized carbons (Fsp3) is 0.280. The van der Waals surface area contributed by atoms with E-state index in [0.29, 0.717) is 25.1 Å². The Kier molecular flexibility index (Phi) is 3.29. The molecule has 29 heavy (non-hydrogen) atoms. The van der Waals surface area contributed by atoms with Gasteiger partial charge in [0.15, 0.2) is 5.60 Å². The fourth-order valence-corrected chi connectivity index (χ4v) is 5.27. The fourth-order valence-electron chi connectivity index (χ4n) is 5.27. The number of likely N-dealkylation sites (tertiary alicyclic amines) is 1. The summed E-state index contributed by atoms with van der Waals surface area (Å²) in [7, 11) is 0. The Bertz CT molecular complexity index is 1170. The molecular weight excluding hydrogens is 362 g/mol. The van der Waals surface area contributed by atoms with E-state index in [1.54, 1.807) is 0 Å². The first-order chi connectivity index (χ1) is 14.1. The highest BCUT2D eigenvalue weighted by Crippen LogP contribution is 2.53. The SMILES string of the molecule is O=C1OC2(CCN(C(=O)C3(c4cccc5ccccc45)CC3)C2)c2ccccc21. The van der Waals surface area contributed by atoms with Crippen molar-refractivity contribution in [2.24, 2.45) is 0 Å². The molecule has 3 aromatic rings. The van der Waals surface area contributed by atoms with Gasteiger partial charge in [-0.15, -0.1) is 0 Å². The first-order valence-corrected chi connectivity index (χ1v) is 10.2. The van der Waals surface area contributed by atoms with Gasteiger partial charge in [0.25, 0.3) is 0 Å². The number of ether oxygens (including phenoxy) is 1. The molecule has 1 aliphatic carbocycles. The molecule has 1 unspecified atom stereocenters. The van der Waals surface area contributed by atoms with Crippen LogP contribution in [0.15, 0.2) is 66.7 Å². The summed E-state index contributed by atoms with van der Waals surface area (Å²) in [4.78, 5) is 28.0. The molecule has 1 amide bonds. The zero-order chi connectivity index (χ0) is 19.6. The van der Waals surface area contributed by atoms with Gasteiger partial charge in [-0.1, -0.05) is 60.7 Å². The quantitative estimate of drug-likeness (QED) is 0.624. The van der Waals surface area contributed by atoms with Crippen LogP contribution in [0.3, 0.4) is 0 Å². The molecule has 1 atom stereocenters. The molecule has 4 nitrogen and oxygen atoms in total. The summed E-state index contributed by atoms with van der Waals surface area (Å²) < 4.78 is 5.84. The lowest BCUT2D eigenvalue weighted by atomic mass is 9.89. The summed E-state index contributed by atoms with van der Waals surface area (Å²) >= 11 is 0. The van der Waals surface area contributed by atoms with E-state index < -0.39 is 11.0 Å². The number of hydrogen-bond acceptors (Lipinski definition) is 3. The van der Waals surface area contributed by atoms with Crippen molar-refractivity contribution in [3.05, 3.63) is 83.4 Å². The predicted octanol–water partition coefficient (Wildman–Crippen LogP) is 4.17. The van der Waals surface area contributed by atoms with Crippen LogP contribution in [0.2, 0.25) is 0 Å². The number of nitrogens with zero attached hydrogens (tertiary/aromatic N) is 1. The van der Waals surface area contributed by atoms with E-state index in [1.807, 2.05) is 47.4 Å². The highest BCUT2D eigenvalue weighted by Gasteiger charge is 2.58. The maximum absolute atomic E-state index is 13.7. The Morgan fingerprint density at radius 1 is 0.862 bits per heavy atom. The van der Waals surface area contributed by atoms with Crippen LogP contribution in [0.25, 0.3) is 10.8 Å². The molecule has 1 spiro atoms. The van der Waals surface area contributed by atoms with Crippen molar-refractivity contribution < 1.29 is 14.3 Å². The number of fused-ring (bicyclic) bond motifs is 3. The van der Waals surface area contributed by atoms with E-state index in [2.05, 4.69) is 24.3 Å². The molecule has 2 heterocycles. The lowest BCUT2D eigenvalue weighted by Crippen LogP contribution is -2.40. The lowest BCUT2D eigenvalue weighted by Gasteiger charge is -2.27. The van der Waals surface area contributed by atoms with Gasteiger partial charge in [0.2, 0.25) is 5.91 Å². The first kappa shape index (κ1) is 16.8. The minimum atomic E-state index is -0.682. The van der Waals surface area contributed by atoms with Gasteiger partial charge < -0.3 is 9.64 Å². The van der Waals surface area contributed by atoms with E-state index in [4.69, 9.17) is 4.74 Å². The molecule has 1 saturated carbocycles. The van der Waals surface area contributed by atoms with Crippen molar-refractivity contribution in [1.29, 1.82) is 0 Å². The Balaban J connectivity index is 1.35. The molecule has 2 fully saturated rings. The topological polar surface area (TPSA) is 46.6 Å². The minimum absolute atomic E-state index is 0.172. The number of hydrogen-bond donors (Lipinski definition) is 0. The monoisotopic (exact) mass is 383 g/mol. The Morgan fingerprint density at radius 3 is 2.45 bits per heavy atom. The molecule has 3 aliphatic rings. The molecule has 0 N–H and O–H groups in total. The largest absolute Gasteiger partial charge is 0.449 e. The Morgan fingerprint density at radius 2 is 1.59 bits per heavy atom. The van der Waals surface area contributed by atoms with Crippen LogP contribution < -0.4 is 0 Å². The maximum atomic E-state index is 13.7. The van der Waals surface area contributed by atoms with Gasteiger partial charge in [-0.3, -0.25) is 4.79 Å². The van der Waals surface area contributed by atoms with Crippen LogP contribution in [-0.4, -0.2) is 29.9 Å². The Hall–Kier alpha value is -3.14. The normalized spacial score (nSPS) is 24.0. The van der Waals surface area contributed by atoms with E-state index >= 15 is 0 Å². The molecule has 2 aliphatic heterocycles. The van der Waals surface area contributed by atoms with Crippen molar-refractivity contribution in [2.75, 3.05) is 13.1 Å². The summed E-state index contributed by atoms with van der Waals surface area (Å²) in [5.74, 6) is -0.101. The highest BCUT2D eigenvalue weighted by atomic mass is 16.6. The average Bonchev–Trinajstić information content (AvgIpc) is 3.39. The molecule has 1 saturated heterocycles. The molecule has 0 bridgehead atoms. The van der Waals surface area contributed by atoms with Crippen molar-refractivity contribution in [2.45, 2.75) is 30.3 Å². The van der Waals surface area contributed by atoms with Crippen LogP contribution in [0.1, 0.15) is 40.7 Å². The van der Waals surface area contributed by atoms with Crippen LogP contribution in [-0.2, 0) is 20.5 Å². The van der Waals surface area contributed by atoms with Crippen molar-refractivity contribution in [3.8, 4) is 0 Å². The predicted molar refractivity (Wildman–Crippen MR) is 110 cm³/mol. The number of benzene rings is 3. The molecule has 4 heteroatoms. The van der Waals surface area contributed by atoms with Crippen molar-refractivity contribution in [1.82, 2.24) is 4.90 Å². The van der Waals surface area contributed by atoms with E-state index in [-0.39, 0.29) is 11.9 Å². The zero-order valence-electron chi connectivity index (χ0n) is 16.1. The van der Waals surface area contributed by atoms with E-state index in [0.717, 1.165) is 29.4 Å².